The van der Waals surface area contributed by atoms with E-state index in [1.54, 1.807) is 26.1 Å². The maximum absolute atomic E-state index is 11.7. The minimum Gasteiger partial charge on any atom is -0.383 e. The average Bonchev–Trinajstić information content (AvgIpc) is 2.44. The molecule has 6 heteroatoms. The van der Waals surface area contributed by atoms with Crippen LogP contribution in [0.3, 0.4) is 0 Å². The van der Waals surface area contributed by atoms with Crippen molar-refractivity contribution in [3.8, 4) is 0 Å². The van der Waals surface area contributed by atoms with Crippen LogP contribution in [0.4, 0.5) is 5.69 Å². The lowest BCUT2D eigenvalue weighted by Crippen LogP contribution is -2.34. The molecule has 1 rings (SSSR count). The Labute approximate surface area is 135 Å². The zero-order chi connectivity index (χ0) is 15.8. The largest absolute Gasteiger partial charge is 0.383 e. The molecule has 0 fully saturated rings. The van der Waals surface area contributed by atoms with E-state index < -0.39 is 0 Å². The van der Waals surface area contributed by atoms with Gasteiger partial charge in [-0.05, 0) is 17.7 Å². The molecule has 0 saturated heterocycles. The fourth-order valence-corrected chi connectivity index (χ4v) is 2.26. The smallest absolute Gasteiger partial charge is 0.241 e. The molecule has 0 heterocycles. The van der Waals surface area contributed by atoms with Crippen LogP contribution >= 0.6 is 15.9 Å². The summed E-state index contributed by atoms with van der Waals surface area (Å²) in [6, 6.07) is 6.13. The molecule has 21 heavy (non-hydrogen) atoms. The lowest BCUT2D eigenvalue weighted by molar-refractivity contribution is -0.127. The van der Waals surface area contributed by atoms with E-state index in [1.165, 1.54) is 5.56 Å². The van der Waals surface area contributed by atoms with Crippen LogP contribution in [0.5, 0.6) is 0 Å². The molecule has 0 aliphatic heterocycles. The number of hydrogen-bond acceptors (Lipinski definition) is 4. The van der Waals surface area contributed by atoms with Gasteiger partial charge in [-0.25, -0.2) is 0 Å². The van der Waals surface area contributed by atoms with Crippen LogP contribution in [-0.2, 0) is 16.1 Å². The molecule has 118 valence electrons. The van der Waals surface area contributed by atoms with Crippen molar-refractivity contribution in [1.29, 1.82) is 0 Å². The molecule has 0 aliphatic carbocycles. The van der Waals surface area contributed by atoms with Crippen LogP contribution in [0.15, 0.2) is 22.7 Å². The summed E-state index contributed by atoms with van der Waals surface area (Å²) in [6.07, 6.45) is 0. The number of nitrogens with one attached hydrogen (secondary N) is 1. The van der Waals surface area contributed by atoms with Crippen molar-refractivity contribution in [2.45, 2.75) is 6.54 Å². The van der Waals surface area contributed by atoms with Crippen LogP contribution < -0.4 is 10.2 Å². The van der Waals surface area contributed by atoms with E-state index in [9.17, 15) is 4.79 Å². The zero-order valence-electron chi connectivity index (χ0n) is 13.1. The van der Waals surface area contributed by atoms with Gasteiger partial charge in [-0.2, -0.15) is 0 Å². The van der Waals surface area contributed by atoms with E-state index >= 15 is 0 Å². The number of carbonyl (C=O) groups is 1. The molecule has 0 spiro atoms. The highest BCUT2D eigenvalue weighted by Gasteiger charge is 2.10. The minimum atomic E-state index is 0.0823. The van der Waals surface area contributed by atoms with Crippen molar-refractivity contribution in [1.82, 2.24) is 10.2 Å². The predicted molar refractivity (Wildman–Crippen MR) is 89.7 cm³/mol. The molecule has 1 N–H and O–H groups in total. The summed E-state index contributed by atoms with van der Waals surface area (Å²) in [6.45, 7) is 2.67. The molecule has 0 aromatic heterocycles. The standard InChI is InChI=1S/C15H24BrN3O2/c1-18(2)15(20)11-19(3)13-6-5-12(14(16)9-13)10-17-7-8-21-4/h5-6,9,17H,7-8,10-11H2,1-4H3. The Morgan fingerprint density at radius 1 is 1.33 bits per heavy atom. The van der Waals surface area contributed by atoms with E-state index in [1.807, 2.05) is 24.1 Å². The van der Waals surface area contributed by atoms with Crippen LogP contribution in [0, 0.1) is 0 Å². The first-order valence-electron chi connectivity index (χ1n) is 6.85. The van der Waals surface area contributed by atoms with Crippen molar-refractivity contribution in [2.75, 3.05) is 52.8 Å². The molecule has 1 aromatic rings. The number of carbonyl (C=O) groups excluding carboxylic acids is 1. The molecule has 0 unspecified atom stereocenters. The average molecular weight is 358 g/mol. The van der Waals surface area contributed by atoms with Gasteiger partial charge in [0, 0.05) is 51.5 Å². The van der Waals surface area contributed by atoms with E-state index in [0.717, 1.165) is 23.2 Å². The maximum atomic E-state index is 11.7. The first-order valence-corrected chi connectivity index (χ1v) is 7.64. The summed E-state index contributed by atoms with van der Waals surface area (Å²) in [5.41, 5.74) is 2.19. The van der Waals surface area contributed by atoms with Crippen molar-refractivity contribution in [3.05, 3.63) is 28.2 Å². The summed E-state index contributed by atoms with van der Waals surface area (Å²) in [5, 5.41) is 3.31. The fourth-order valence-electron chi connectivity index (χ4n) is 1.75. The van der Waals surface area contributed by atoms with Gasteiger partial charge in [-0.1, -0.05) is 22.0 Å². The van der Waals surface area contributed by atoms with E-state index in [0.29, 0.717) is 13.2 Å². The summed E-state index contributed by atoms with van der Waals surface area (Å²) < 4.78 is 6.04. The maximum Gasteiger partial charge on any atom is 0.241 e. The number of anilines is 1. The molecule has 1 amide bonds. The predicted octanol–water partition coefficient (Wildman–Crippen LogP) is 1.71. The van der Waals surface area contributed by atoms with Crippen molar-refractivity contribution < 1.29 is 9.53 Å². The molecule has 0 aliphatic rings. The number of nitrogens with zero attached hydrogens (tertiary/aromatic N) is 2. The van der Waals surface area contributed by atoms with Crippen molar-refractivity contribution in [3.63, 3.8) is 0 Å². The highest BCUT2D eigenvalue weighted by atomic mass is 79.9. The van der Waals surface area contributed by atoms with Crippen LogP contribution in [0.25, 0.3) is 0 Å². The first kappa shape index (κ1) is 17.9. The lowest BCUT2D eigenvalue weighted by atomic mass is 10.2. The van der Waals surface area contributed by atoms with Gasteiger partial charge in [0.15, 0.2) is 0 Å². The summed E-state index contributed by atoms with van der Waals surface area (Å²) >= 11 is 3.59. The molecule has 1 aromatic carbocycles. The summed E-state index contributed by atoms with van der Waals surface area (Å²) in [5.74, 6) is 0.0823. The zero-order valence-corrected chi connectivity index (χ0v) is 14.7. The molecule has 0 atom stereocenters. The topological polar surface area (TPSA) is 44.8 Å². The third-order valence-corrected chi connectivity index (χ3v) is 3.89. The van der Waals surface area contributed by atoms with Gasteiger partial charge in [-0.3, -0.25) is 4.79 Å². The van der Waals surface area contributed by atoms with E-state index in [4.69, 9.17) is 4.74 Å². The monoisotopic (exact) mass is 357 g/mol. The van der Waals surface area contributed by atoms with Gasteiger partial charge in [0.05, 0.1) is 13.2 Å². The molecule has 0 saturated carbocycles. The Kier molecular flexibility index (Phi) is 7.71. The van der Waals surface area contributed by atoms with Gasteiger partial charge >= 0.3 is 0 Å². The summed E-state index contributed by atoms with van der Waals surface area (Å²) in [4.78, 5) is 15.3. The number of rotatable bonds is 8. The SMILES string of the molecule is COCCNCc1ccc(N(C)CC(=O)N(C)C)cc1Br. The lowest BCUT2D eigenvalue weighted by Gasteiger charge is -2.21. The van der Waals surface area contributed by atoms with Crippen LogP contribution in [-0.4, -0.2) is 58.8 Å². The van der Waals surface area contributed by atoms with Gasteiger partial charge in [0.1, 0.15) is 0 Å². The normalized spacial score (nSPS) is 10.5. The Morgan fingerprint density at radius 3 is 2.62 bits per heavy atom. The quantitative estimate of drug-likeness (QED) is 0.719. The second-order valence-corrected chi connectivity index (χ2v) is 5.94. The molecule has 5 nitrogen and oxygen atoms in total. The highest BCUT2D eigenvalue weighted by Crippen LogP contribution is 2.23. The Hall–Kier alpha value is -1.11. The summed E-state index contributed by atoms with van der Waals surface area (Å²) in [7, 11) is 7.14. The fraction of sp³-hybridized carbons (Fsp3) is 0.533. The van der Waals surface area contributed by atoms with Gasteiger partial charge in [-0.15, -0.1) is 0 Å². The second-order valence-electron chi connectivity index (χ2n) is 5.09. The van der Waals surface area contributed by atoms with Crippen LogP contribution in [0.2, 0.25) is 0 Å². The Balaban J connectivity index is 2.62. The van der Waals surface area contributed by atoms with Crippen LogP contribution in [0.1, 0.15) is 5.56 Å². The number of benzene rings is 1. The molecular weight excluding hydrogens is 334 g/mol. The number of amides is 1. The number of hydrogen-bond donors (Lipinski definition) is 1. The Bertz CT molecular complexity index is 466. The highest BCUT2D eigenvalue weighted by molar-refractivity contribution is 9.10. The number of likely N-dealkylation sites (N-methyl/N-ethyl adjacent to an activating group) is 2. The number of methoxy groups -OCH3 is 1. The van der Waals surface area contributed by atoms with Crippen molar-refractivity contribution >= 4 is 27.5 Å². The number of ether oxygens (including phenoxy) is 1. The van der Waals surface area contributed by atoms with Crippen molar-refractivity contribution in [2.24, 2.45) is 0 Å². The molecular formula is C15H24BrN3O2. The molecule has 0 radical (unpaired) electrons. The first-order chi connectivity index (χ1) is 9.95. The number of halogens is 1. The van der Waals surface area contributed by atoms with E-state index in [-0.39, 0.29) is 5.91 Å². The molecule has 0 bridgehead atoms. The third-order valence-electron chi connectivity index (χ3n) is 3.15. The second kappa shape index (κ2) is 9.02. The van der Waals surface area contributed by atoms with E-state index in [2.05, 4.69) is 27.3 Å². The van der Waals surface area contributed by atoms with Gasteiger partial charge in [0.2, 0.25) is 5.91 Å². The van der Waals surface area contributed by atoms with Gasteiger partial charge in [0.25, 0.3) is 0 Å². The Morgan fingerprint density at radius 2 is 2.05 bits per heavy atom. The third kappa shape index (κ3) is 6.03. The van der Waals surface area contributed by atoms with Gasteiger partial charge < -0.3 is 19.9 Å². The minimum absolute atomic E-state index is 0.0823.